The monoisotopic (exact) mass is 480 g/mol. The fourth-order valence-electron chi connectivity index (χ4n) is 8.33. The molecule has 2 aliphatic heterocycles. The molecule has 8 rings (SSSR count). The fourth-order valence-corrected chi connectivity index (χ4v) is 8.33. The quantitative estimate of drug-likeness (QED) is 0.292. The van der Waals surface area contributed by atoms with Gasteiger partial charge in [0.2, 0.25) is 0 Å². The number of fused-ring (bicyclic) bond motifs is 8. The first-order valence-corrected chi connectivity index (χ1v) is 13.4. The summed E-state index contributed by atoms with van der Waals surface area (Å²) in [7, 11) is 0. The van der Waals surface area contributed by atoms with Crippen molar-refractivity contribution in [3.63, 3.8) is 0 Å². The predicted molar refractivity (Wildman–Crippen MR) is 143 cm³/mol. The van der Waals surface area contributed by atoms with Crippen molar-refractivity contribution in [3.05, 3.63) is 144 Å². The Bertz CT molecular complexity index is 1290. The SMILES string of the molecule is c1ccc(C2(c3ccccc3)N=N[C@@H]3[C@@H]4C[C@@H]([C@@H]5N=NC(c6ccccc6)(c6ccccc6)[C@H]45)[C@H]32)cc1. The molecule has 180 valence electrons. The molecule has 4 heteroatoms. The summed E-state index contributed by atoms with van der Waals surface area (Å²) in [4.78, 5) is 0. The van der Waals surface area contributed by atoms with E-state index in [-0.39, 0.29) is 23.9 Å². The number of benzene rings is 4. The largest absolute Gasteiger partial charge is 0.189 e. The standard InChI is InChI=1S/C33H28N4/c1-5-13-22(14-6-1)32(23-15-7-2-8-16-23)28-26-21-27(30(28)34-36-32)29-31(26)35-37-33(29,24-17-9-3-10-18-24)25-19-11-4-12-20-25/h1-20,26-31H,21H2/t26-,27-,28-,29-,30-,31+/m1/s1. The van der Waals surface area contributed by atoms with Crippen LogP contribution >= 0.6 is 0 Å². The lowest BCUT2D eigenvalue weighted by Crippen LogP contribution is -2.50. The fraction of sp³-hybridized carbons (Fsp3) is 0.273. The van der Waals surface area contributed by atoms with Crippen LogP contribution in [0.5, 0.6) is 0 Å². The minimum Gasteiger partial charge on any atom is -0.189 e. The smallest absolute Gasteiger partial charge is 0.137 e. The molecule has 2 fully saturated rings. The van der Waals surface area contributed by atoms with E-state index in [4.69, 9.17) is 20.5 Å². The Balaban J connectivity index is 1.29. The number of nitrogens with zero attached hydrogens (tertiary/aromatic N) is 4. The maximum absolute atomic E-state index is 5.21. The molecule has 0 aromatic heterocycles. The van der Waals surface area contributed by atoms with Gasteiger partial charge in [-0.3, -0.25) is 0 Å². The van der Waals surface area contributed by atoms with Gasteiger partial charge in [-0.25, -0.2) is 0 Å². The van der Waals surface area contributed by atoms with Crippen LogP contribution in [0, 0.1) is 23.7 Å². The van der Waals surface area contributed by atoms with E-state index in [1.54, 1.807) is 0 Å². The van der Waals surface area contributed by atoms with E-state index in [0.29, 0.717) is 11.8 Å². The van der Waals surface area contributed by atoms with E-state index < -0.39 is 11.1 Å². The van der Waals surface area contributed by atoms with Crippen LogP contribution in [0.25, 0.3) is 0 Å². The lowest BCUT2D eigenvalue weighted by Gasteiger charge is -2.43. The third kappa shape index (κ3) is 2.68. The summed E-state index contributed by atoms with van der Waals surface area (Å²) in [6.45, 7) is 0. The van der Waals surface area contributed by atoms with Crippen molar-refractivity contribution >= 4 is 0 Å². The number of rotatable bonds is 4. The molecule has 4 nitrogen and oxygen atoms in total. The maximum Gasteiger partial charge on any atom is 0.137 e. The first kappa shape index (κ1) is 21.2. The van der Waals surface area contributed by atoms with E-state index in [2.05, 4.69) is 121 Å². The van der Waals surface area contributed by atoms with Gasteiger partial charge in [-0.2, -0.15) is 20.5 Å². The van der Waals surface area contributed by atoms with Gasteiger partial charge < -0.3 is 0 Å². The molecule has 2 heterocycles. The lowest BCUT2D eigenvalue weighted by molar-refractivity contribution is 0.147. The van der Waals surface area contributed by atoms with Gasteiger partial charge in [0.15, 0.2) is 0 Å². The third-order valence-corrected chi connectivity index (χ3v) is 9.60. The Hall–Kier alpha value is -3.92. The highest BCUT2D eigenvalue weighted by molar-refractivity contribution is 5.47. The highest BCUT2D eigenvalue weighted by Gasteiger charge is 2.72. The summed E-state index contributed by atoms with van der Waals surface area (Å²) in [5.74, 6) is 1.33. The second-order valence-electron chi connectivity index (χ2n) is 11.0. The first-order chi connectivity index (χ1) is 18.3. The molecule has 0 saturated heterocycles. The summed E-state index contributed by atoms with van der Waals surface area (Å²) in [6, 6.07) is 43.5. The number of hydrogen-bond donors (Lipinski definition) is 0. The molecule has 2 aliphatic carbocycles. The summed E-state index contributed by atoms with van der Waals surface area (Å²) in [5.41, 5.74) is 3.97. The van der Waals surface area contributed by atoms with Gasteiger partial charge in [-0.05, 0) is 40.5 Å². The van der Waals surface area contributed by atoms with Crippen molar-refractivity contribution in [2.75, 3.05) is 0 Å². The van der Waals surface area contributed by atoms with Crippen LogP contribution in [0.15, 0.2) is 142 Å². The summed E-state index contributed by atoms with van der Waals surface area (Å²) < 4.78 is 0. The van der Waals surface area contributed by atoms with E-state index >= 15 is 0 Å². The minimum atomic E-state index is -0.474. The average molecular weight is 481 g/mol. The van der Waals surface area contributed by atoms with Crippen molar-refractivity contribution in [3.8, 4) is 0 Å². The van der Waals surface area contributed by atoms with Crippen LogP contribution < -0.4 is 0 Å². The Morgan fingerprint density at radius 3 is 1.03 bits per heavy atom. The molecular weight excluding hydrogens is 452 g/mol. The zero-order chi connectivity index (χ0) is 24.5. The first-order valence-electron chi connectivity index (χ1n) is 13.4. The number of hydrogen-bond acceptors (Lipinski definition) is 4. The van der Waals surface area contributed by atoms with Crippen LogP contribution in [-0.4, -0.2) is 12.1 Å². The van der Waals surface area contributed by atoms with Crippen LogP contribution in [0.1, 0.15) is 28.7 Å². The normalized spacial score (nSPS) is 31.4. The zero-order valence-electron chi connectivity index (χ0n) is 20.5. The molecule has 0 N–H and O–H groups in total. The highest BCUT2D eigenvalue weighted by Crippen LogP contribution is 2.70. The molecule has 4 aromatic rings. The zero-order valence-corrected chi connectivity index (χ0v) is 20.5. The predicted octanol–water partition coefficient (Wildman–Crippen LogP) is 7.42. The third-order valence-electron chi connectivity index (χ3n) is 9.60. The summed E-state index contributed by atoms with van der Waals surface area (Å²) in [5, 5.41) is 20.7. The van der Waals surface area contributed by atoms with Crippen LogP contribution in [0.4, 0.5) is 0 Å². The van der Waals surface area contributed by atoms with E-state index in [9.17, 15) is 0 Å². The second-order valence-corrected chi connectivity index (χ2v) is 11.0. The minimum absolute atomic E-state index is 0.168. The van der Waals surface area contributed by atoms with Gasteiger partial charge in [0.05, 0.1) is 12.1 Å². The van der Waals surface area contributed by atoms with Gasteiger partial charge in [-0.1, -0.05) is 121 Å². The number of azo groups is 2. The molecule has 0 spiro atoms. The van der Waals surface area contributed by atoms with Gasteiger partial charge >= 0.3 is 0 Å². The van der Waals surface area contributed by atoms with Crippen molar-refractivity contribution in [2.24, 2.45) is 44.1 Å². The molecule has 2 saturated carbocycles. The molecule has 0 radical (unpaired) electrons. The van der Waals surface area contributed by atoms with Crippen LogP contribution in [0.2, 0.25) is 0 Å². The van der Waals surface area contributed by atoms with Gasteiger partial charge in [0.1, 0.15) is 11.1 Å². The molecule has 0 unspecified atom stereocenters. The Kier molecular flexibility index (Phi) is 4.46. The van der Waals surface area contributed by atoms with E-state index in [0.717, 1.165) is 6.42 Å². The highest BCUT2D eigenvalue weighted by atomic mass is 15.3. The van der Waals surface area contributed by atoms with Crippen molar-refractivity contribution in [1.82, 2.24) is 0 Å². The van der Waals surface area contributed by atoms with E-state index in [1.807, 2.05) is 0 Å². The molecule has 37 heavy (non-hydrogen) atoms. The molecule has 2 bridgehead atoms. The van der Waals surface area contributed by atoms with Gasteiger partial charge in [0, 0.05) is 11.8 Å². The van der Waals surface area contributed by atoms with Crippen LogP contribution in [-0.2, 0) is 11.1 Å². The van der Waals surface area contributed by atoms with Crippen molar-refractivity contribution in [2.45, 2.75) is 29.6 Å². The van der Waals surface area contributed by atoms with Crippen LogP contribution in [0.3, 0.4) is 0 Å². The molecule has 6 atom stereocenters. The Labute approximate surface area is 217 Å². The topological polar surface area (TPSA) is 49.4 Å². The summed E-state index contributed by atoms with van der Waals surface area (Å²) >= 11 is 0. The lowest BCUT2D eigenvalue weighted by atomic mass is 9.59. The maximum atomic E-state index is 5.21. The van der Waals surface area contributed by atoms with Crippen molar-refractivity contribution < 1.29 is 0 Å². The second kappa shape index (κ2) is 7.79. The Morgan fingerprint density at radius 1 is 0.432 bits per heavy atom. The van der Waals surface area contributed by atoms with Gasteiger partial charge in [0.25, 0.3) is 0 Å². The molecule has 4 aromatic carbocycles. The van der Waals surface area contributed by atoms with Gasteiger partial charge in [-0.15, -0.1) is 0 Å². The Morgan fingerprint density at radius 2 is 0.730 bits per heavy atom. The molecule has 0 amide bonds. The summed E-state index contributed by atoms with van der Waals surface area (Å²) in [6.07, 6.45) is 1.13. The average Bonchev–Trinajstić information content (AvgIpc) is 3.74. The van der Waals surface area contributed by atoms with E-state index in [1.165, 1.54) is 22.3 Å². The molecular formula is C33H28N4. The molecule has 4 aliphatic rings. The van der Waals surface area contributed by atoms with Crippen molar-refractivity contribution in [1.29, 1.82) is 0 Å².